The topological polar surface area (TPSA) is 302 Å². The first-order chi connectivity index (χ1) is 26.8. The number of carboxylic acids is 3. The fraction of sp³-hybridized carbons (Fsp3) is 0.857. The van der Waals surface area contributed by atoms with Crippen molar-refractivity contribution in [1.29, 1.82) is 0 Å². The molecular formula is C42H65NO16. The third-order valence-corrected chi connectivity index (χ3v) is 17.2. The molecule has 2 heterocycles. The fourth-order valence-corrected chi connectivity index (χ4v) is 13.4. The van der Waals surface area contributed by atoms with E-state index in [2.05, 4.69) is 27.7 Å². The fourth-order valence-electron chi connectivity index (χ4n) is 13.4. The lowest BCUT2D eigenvalue weighted by Gasteiger charge is -2.70. The lowest BCUT2D eigenvalue weighted by atomic mass is 9.33. The molecule has 11 N–H and O–H groups in total. The van der Waals surface area contributed by atoms with E-state index < -0.39 is 107 Å². The van der Waals surface area contributed by atoms with Crippen LogP contribution in [-0.2, 0) is 38.1 Å². The highest BCUT2D eigenvalue weighted by Crippen LogP contribution is 2.75. The van der Waals surface area contributed by atoms with Gasteiger partial charge in [-0.2, -0.15) is 0 Å². The van der Waals surface area contributed by atoms with Gasteiger partial charge in [0.25, 0.3) is 0 Å². The zero-order valence-corrected chi connectivity index (χ0v) is 35.1. The second-order valence-electron chi connectivity index (χ2n) is 20.6. The number of aliphatic hydroxyl groups excluding tert-OH is 5. The Balaban J connectivity index is 0.00000585. The summed E-state index contributed by atoms with van der Waals surface area (Å²) in [4.78, 5) is 51.3. The summed E-state index contributed by atoms with van der Waals surface area (Å²) in [6.07, 6.45) is -12.2. The van der Waals surface area contributed by atoms with Gasteiger partial charge in [0.1, 0.15) is 36.6 Å². The van der Waals surface area contributed by atoms with Gasteiger partial charge in [0, 0.05) is 5.92 Å². The highest BCUT2D eigenvalue weighted by Gasteiger charge is 2.71. The molecule has 7 aliphatic rings. The minimum absolute atomic E-state index is 0. The quantitative estimate of drug-likeness (QED) is 0.166. The van der Waals surface area contributed by atoms with Gasteiger partial charge < -0.3 is 66.0 Å². The van der Waals surface area contributed by atoms with Crippen LogP contribution < -0.4 is 6.15 Å². The minimum Gasteiger partial charge on any atom is -0.481 e. The van der Waals surface area contributed by atoms with Crippen LogP contribution in [0.15, 0.2) is 11.6 Å². The predicted molar refractivity (Wildman–Crippen MR) is 204 cm³/mol. The smallest absolute Gasteiger partial charge is 0.335 e. The lowest BCUT2D eigenvalue weighted by Crippen LogP contribution is -2.68. The van der Waals surface area contributed by atoms with E-state index in [0.717, 1.165) is 37.7 Å². The van der Waals surface area contributed by atoms with Crippen LogP contribution >= 0.6 is 0 Å². The van der Waals surface area contributed by atoms with Crippen LogP contribution in [0.5, 0.6) is 0 Å². The zero-order valence-electron chi connectivity index (χ0n) is 35.1. The van der Waals surface area contributed by atoms with Crippen LogP contribution in [0.2, 0.25) is 0 Å². The standard InChI is InChI=1S/C42H62O16.H3N/c1-37(2)21-8-11-42(7)31(20(43)16-18-19-17-39(4,36(53)54)13-12-38(19,3)14-15-41(18,42)6)40(21,5)10-9-22(37)55-35-30(26(47)25(46)29(57-35)33(51)52)58-34-27(48)23(44)24(45)28(56-34)32(49)50;/h16,19,21-31,34-35,44-48H,8-15,17H2,1-7H3,(H,49,50)(H,51,52)(H,53,54);1H3/t19-,21+,22+,23+,24+,25+,26+,27-,28+,29+,30-,31-,34+,35+,38-,39+,40+,41-,42-;/m1./s1. The second-order valence-corrected chi connectivity index (χ2v) is 20.6. The summed E-state index contributed by atoms with van der Waals surface area (Å²) in [7, 11) is 0. The number of aliphatic hydroxyl groups is 5. The predicted octanol–water partition coefficient (Wildman–Crippen LogP) is 2.41. The number of ketones is 1. The Kier molecular flexibility index (Phi) is 11.7. The van der Waals surface area contributed by atoms with Crippen molar-refractivity contribution in [1.82, 2.24) is 6.15 Å². The van der Waals surface area contributed by atoms with Gasteiger partial charge in [-0.25, -0.2) is 9.59 Å². The van der Waals surface area contributed by atoms with Crippen LogP contribution in [0.25, 0.3) is 0 Å². The Labute approximate surface area is 344 Å². The van der Waals surface area contributed by atoms with Gasteiger partial charge in [0.15, 0.2) is 30.6 Å². The Morgan fingerprint density at radius 3 is 1.86 bits per heavy atom. The van der Waals surface area contributed by atoms with E-state index in [0.29, 0.717) is 25.7 Å². The Bertz CT molecular complexity index is 1740. The average Bonchev–Trinajstić information content (AvgIpc) is 3.13. The number of fused-ring (bicyclic) bond motifs is 7. The first-order valence-corrected chi connectivity index (χ1v) is 20.7. The Hall–Kier alpha value is -2.58. The first kappa shape index (κ1) is 45.9. The molecule has 4 saturated carbocycles. The monoisotopic (exact) mass is 839 g/mol. The van der Waals surface area contributed by atoms with Gasteiger partial charge in [-0.1, -0.05) is 47.1 Å². The van der Waals surface area contributed by atoms with Gasteiger partial charge in [0.2, 0.25) is 0 Å². The maximum atomic E-state index is 14.8. The lowest BCUT2D eigenvalue weighted by molar-refractivity contribution is -0.371. The number of rotatable bonds is 7. The molecule has 334 valence electrons. The van der Waals surface area contributed by atoms with Gasteiger partial charge in [-0.05, 0) is 110 Å². The number of hydrogen-bond acceptors (Lipinski definition) is 14. The van der Waals surface area contributed by atoms with E-state index in [1.165, 1.54) is 0 Å². The second kappa shape index (κ2) is 15.1. The van der Waals surface area contributed by atoms with Gasteiger partial charge in [0.05, 0.1) is 11.5 Å². The number of carbonyl (C=O) groups is 4. The molecule has 17 nitrogen and oxygen atoms in total. The minimum atomic E-state index is -2.05. The molecule has 0 aromatic carbocycles. The Morgan fingerprint density at radius 1 is 0.695 bits per heavy atom. The summed E-state index contributed by atoms with van der Waals surface area (Å²) in [6, 6.07) is 0. The molecule has 0 spiro atoms. The van der Waals surface area contributed by atoms with Crippen molar-refractivity contribution in [2.75, 3.05) is 0 Å². The SMILES string of the molecule is CC1(C)[C@@H](O[C@H]2O[C@H](C(=O)O)[C@@H](O)[C@H](O)[C@H]2O[C@@H]2O[C@H](C(=O)O)[C@@H](O)[C@H](O)[C@H]2O)CC[C@]2(C)[C@H]3C(=O)C=C4[C@H]5C[C@@](C)(C(=O)O)CC[C@]5(C)CC[C@@]4(C)[C@]3(C)CC[C@@H]12.N. The molecule has 0 amide bonds. The average molecular weight is 840 g/mol. The van der Waals surface area contributed by atoms with Crippen LogP contribution in [0, 0.1) is 50.2 Å². The molecule has 0 unspecified atom stereocenters. The Morgan fingerprint density at radius 2 is 1.27 bits per heavy atom. The molecule has 0 bridgehead atoms. The highest BCUT2D eigenvalue weighted by atomic mass is 16.8. The van der Waals surface area contributed by atoms with Gasteiger partial charge in [-0.3, -0.25) is 9.59 Å². The molecule has 0 aromatic heterocycles. The normalized spacial score (nSPS) is 51.7. The van der Waals surface area contributed by atoms with E-state index in [4.69, 9.17) is 18.9 Å². The molecule has 2 saturated heterocycles. The number of hydrogen-bond donors (Lipinski definition) is 9. The largest absolute Gasteiger partial charge is 0.481 e. The van der Waals surface area contributed by atoms with Crippen LogP contribution in [0.3, 0.4) is 0 Å². The molecule has 17 heteroatoms. The number of carboxylic acid groups (broad SMARTS) is 3. The molecule has 6 fully saturated rings. The molecular weight excluding hydrogens is 774 g/mol. The van der Waals surface area contributed by atoms with E-state index in [1.54, 1.807) is 0 Å². The summed E-state index contributed by atoms with van der Waals surface area (Å²) in [5.41, 5.74) is -1.81. The van der Waals surface area contributed by atoms with Crippen molar-refractivity contribution in [2.24, 2.45) is 50.2 Å². The maximum absolute atomic E-state index is 14.8. The van der Waals surface area contributed by atoms with Gasteiger partial charge in [-0.15, -0.1) is 0 Å². The summed E-state index contributed by atoms with van der Waals surface area (Å²) in [5, 5.41) is 83.0. The van der Waals surface area contributed by atoms with Crippen molar-refractivity contribution >= 4 is 23.7 Å². The molecule has 5 aliphatic carbocycles. The summed E-state index contributed by atoms with van der Waals surface area (Å²) < 4.78 is 23.4. The summed E-state index contributed by atoms with van der Waals surface area (Å²) in [6.45, 7) is 14.8. The third-order valence-electron chi connectivity index (χ3n) is 17.2. The molecule has 0 aromatic rings. The van der Waals surface area contributed by atoms with Crippen molar-refractivity contribution in [3.8, 4) is 0 Å². The maximum Gasteiger partial charge on any atom is 0.335 e. The van der Waals surface area contributed by atoms with Crippen LogP contribution in [0.4, 0.5) is 0 Å². The molecule has 7 rings (SSSR count). The highest BCUT2D eigenvalue weighted by molar-refractivity contribution is 5.95. The van der Waals surface area contributed by atoms with E-state index in [1.807, 2.05) is 26.8 Å². The van der Waals surface area contributed by atoms with Crippen molar-refractivity contribution in [3.63, 3.8) is 0 Å². The zero-order chi connectivity index (χ0) is 42.9. The summed E-state index contributed by atoms with van der Waals surface area (Å²) in [5.74, 6) is -4.47. The van der Waals surface area contributed by atoms with Crippen LogP contribution in [0.1, 0.15) is 106 Å². The van der Waals surface area contributed by atoms with Crippen LogP contribution in [-0.4, -0.2) is 132 Å². The van der Waals surface area contributed by atoms with E-state index in [9.17, 15) is 60.0 Å². The van der Waals surface area contributed by atoms with Crippen molar-refractivity contribution in [3.05, 3.63) is 11.6 Å². The number of allylic oxidation sites excluding steroid dienone is 2. The van der Waals surface area contributed by atoms with Crippen molar-refractivity contribution < 1.29 is 79.0 Å². The molecule has 19 atom stereocenters. The third kappa shape index (κ3) is 6.72. The van der Waals surface area contributed by atoms with Crippen molar-refractivity contribution in [2.45, 2.75) is 174 Å². The molecule has 0 radical (unpaired) electrons. The van der Waals surface area contributed by atoms with E-state index in [-0.39, 0.29) is 40.5 Å². The number of aliphatic carboxylic acids is 3. The molecule has 59 heavy (non-hydrogen) atoms. The van der Waals surface area contributed by atoms with Gasteiger partial charge >= 0.3 is 17.9 Å². The molecule has 2 aliphatic heterocycles. The number of ether oxygens (including phenoxy) is 4. The van der Waals surface area contributed by atoms with E-state index >= 15 is 0 Å². The number of carbonyl (C=O) groups excluding carboxylic acids is 1. The first-order valence-electron chi connectivity index (χ1n) is 20.7. The summed E-state index contributed by atoms with van der Waals surface area (Å²) >= 11 is 0.